The van der Waals surface area contributed by atoms with E-state index in [0.717, 1.165) is 18.2 Å². The van der Waals surface area contributed by atoms with Gasteiger partial charge in [-0.3, -0.25) is 0 Å². The Balaban J connectivity index is 2.06. The summed E-state index contributed by atoms with van der Waals surface area (Å²) in [6, 6.07) is 16.1. The van der Waals surface area contributed by atoms with E-state index in [0.29, 0.717) is 16.0 Å². The summed E-state index contributed by atoms with van der Waals surface area (Å²) >= 11 is 6.06. The Bertz CT molecular complexity index is 1460. The summed E-state index contributed by atoms with van der Waals surface area (Å²) in [6.45, 7) is 0. The van der Waals surface area contributed by atoms with Crippen LogP contribution in [0, 0.1) is 23.0 Å². The summed E-state index contributed by atoms with van der Waals surface area (Å²) in [5.41, 5.74) is 0.553. The molecule has 0 saturated carbocycles. The molecule has 30 heavy (non-hydrogen) atoms. The van der Waals surface area contributed by atoms with Crippen molar-refractivity contribution in [2.24, 2.45) is 0 Å². The summed E-state index contributed by atoms with van der Waals surface area (Å²) in [4.78, 5) is 3.77. The normalized spacial score (nSPS) is 11.4. The van der Waals surface area contributed by atoms with Crippen molar-refractivity contribution in [3.8, 4) is 17.3 Å². The lowest BCUT2D eigenvalue weighted by Gasteiger charge is -2.13. The molecule has 1 aromatic heterocycles. The number of pyridine rings is 1. The molecule has 0 radical (unpaired) electrons. The molecule has 0 amide bonds. The van der Waals surface area contributed by atoms with Crippen molar-refractivity contribution in [2.75, 3.05) is 0 Å². The fourth-order valence-electron chi connectivity index (χ4n) is 3.08. The van der Waals surface area contributed by atoms with E-state index in [2.05, 4.69) is 4.98 Å². The summed E-state index contributed by atoms with van der Waals surface area (Å²) < 4.78 is 54.5. The first kappa shape index (κ1) is 20.0. The third-order valence-electron chi connectivity index (χ3n) is 4.44. The van der Waals surface area contributed by atoms with E-state index < -0.39 is 21.5 Å². The minimum Gasteiger partial charge on any atom is -0.246 e. The van der Waals surface area contributed by atoms with Crippen LogP contribution in [0.5, 0.6) is 0 Å². The van der Waals surface area contributed by atoms with Gasteiger partial charge in [-0.15, -0.1) is 0 Å². The largest absolute Gasteiger partial charge is 0.246 e. The molecular weight excluding hydrogens is 430 g/mol. The molecule has 4 aromatic rings. The third-order valence-corrected chi connectivity index (χ3v) is 6.42. The maximum absolute atomic E-state index is 13.9. The Morgan fingerprint density at radius 1 is 0.933 bits per heavy atom. The van der Waals surface area contributed by atoms with Crippen LogP contribution in [-0.4, -0.2) is 13.4 Å². The Hall–Kier alpha value is -3.34. The van der Waals surface area contributed by atoms with Crippen molar-refractivity contribution in [2.45, 2.75) is 9.79 Å². The molecule has 0 bridgehead atoms. The van der Waals surface area contributed by atoms with Crippen LogP contribution in [0.1, 0.15) is 5.56 Å². The molecule has 0 spiro atoms. The van der Waals surface area contributed by atoms with Gasteiger partial charge in [0.2, 0.25) is 9.84 Å². The molecule has 0 aliphatic heterocycles. The number of rotatable bonds is 3. The van der Waals surface area contributed by atoms with Gasteiger partial charge in [0.25, 0.3) is 0 Å². The number of nitriles is 1. The van der Waals surface area contributed by atoms with Gasteiger partial charge in [-0.05, 0) is 48.5 Å². The molecule has 0 saturated heterocycles. The molecule has 4 rings (SSSR count). The number of fused-ring (bicyclic) bond motifs is 1. The minimum atomic E-state index is -4.28. The van der Waals surface area contributed by atoms with Gasteiger partial charge in [0.15, 0.2) is 0 Å². The zero-order valence-corrected chi connectivity index (χ0v) is 16.7. The van der Waals surface area contributed by atoms with Crippen LogP contribution in [0.2, 0.25) is 5.02 Å². The maximum atomic E-state index is 13.9. The van der Waals surface area contributed by atoms with Crippen molar-refractivity contribution in [1.29, 1.82) is 5.26 Å². The highest BCUT2D eigenvalue weighted by Gasteiger charge is 2.25. The van der Waals surface area contributed by atoms with Crippen molar-refractivity contribution in [3.63, 3.8) is 0 Å². The minimum absolute atomic E-state index is 0.0402. The first-order valence-electron chi connectivity index (χ1n) is 8.60. The second-order valence-corrected chi connectivity index (χ2v) is 8.83. The van der Waals surface area contributed by atoms with Crippen LogP contribution in [0.15, 0.2) is 76.5 Å². The lowest BCUT2D eigenvalue weighted by atomic mass is 10.1. The van der Waals surface area contributed by atoms with E-state index >= 15 is 0 Å². The van der Waals surface area contributed by atoms with Crippen LogP contribution < -0.4 is 0 Å². The third kappa shape index (κ3) is 3.63. The standard InChI is InChI=1S/C22H11ClF2N2O2S/c23-16-3-1-2-15(8-16)22-21(9-14-4-5-17(24)11-20(14)27-22)30(28,29)19-7-13(12-26)6-18(25)10-19/h1-11H. The topological polar surface area (TPSA) is 70.8 Å². The van der Waals surface area contributed by atoms with Gasteiger partial charge in [0.1, 0.15) is 11.6 Å². The molecule has 148 valence electrons. The van der Waals surface area contributed by atoms with E-state index in [-0.39, 0.29) is 26.6 Å². The number of sulfone groups is 1. The molecule has 0 aliphatic rings. The number of hydrogen-bond acceptors (Lipinski definition) is 4. The van der Waals surface area contributed by atoms with Gasteiger partial charge in [0.05, 0.1) is 32.6 Å². The number of benzene rings is 3. The highest BCUT2D eigenvalue weighted by molar-refractivity contribution is 7.91. The fraction of sp³-hybridized carbons (Fsp3) is 0. The lowest BCUT2D eigenvalue weighted by Crippen LogP contribution is -2.07. The monoisotopic (exact) mass is 440 g/mol. The molecule has 0 fully saturated rings. The number of halogens is 3. The Morgan fingerprint density at radius 2 is 1.73 bits per heavy atom. The Kier molecular flexibility index (Phi) is 4.98. The predicted octanol–water partition coefficient (Wildman–Crippen LogP) is 5.54. The average molecular weight is 441 g/mol. The average Bonchev–Trinajstić information content (AvgIpc) is 2.72. The van der Waals surface area contributed by atoms with Crippen molar-refractivity contribution in [1.82, 2.24) is 4.98 Å². The molecule has 8 heteroatoms. The summed E-state index contributed by atoms with van der Waals surface area (Å²) in [6.07, 6.45) is 0. The molecule has 0 unspecified atom stereocenters. The van der Waals surface area contributed by atoms with Gasteiger partial charge in [-0.2, -0.15) is 5.26 Å². The molecule has 0 N–H and O–H groups in total. The van der Waals surface area contributed by atoms with E-state index in [9.17, 15) is 17.2 Å². The second kappa shape index (κ2) is 7.48. The van der Waals surface area contributed by atoms with E-state index in [1.807, 2.05) is 0 Å². The van der Waals surface area contributed by atoms with E-state index in [4.69, 9.17) is 16.9 Å². The number of nitrogens with zero attached hydrogens (tertiary/aromatic N) is 2. The molecule has 3 aromatic carbocycles. The molecular formula is C22H11ClF2N2O2S. The van der Waals surface area contributed by atoms with E-state index in [1.165, 1.54) is 30.3 Å². The SMILES string of the molecule is N#Cc1cc(F)cc(S(=O)(=O)c2cc3ccc(F)cc3nc2-c2cccc(Cl)c2)c1. The molecule has 0 atom stereocenters. The van der Waals surface area contributed by atoms with Crippen molar-refractivity contribution < 1.29 is 17.2 Å². The highest BCUT2D eigenvalue weighted by atomic mass is 35.5. The van der Waals surface area contributed by atoms with Gasteiger partial charge in [-0.25, -0.2) is 22.2 Å². The quantitative estimate of drug-likeness (QED) is 0.419. The van der Waals surface area contributed by atoms with Crippen LogP contribution in [0.3, 0.4) is 0 Å². The summed E-state index contributed by atoms with van der Waals surface area (Å²) in [7, 11) is -4.28. The highest BCUT2D eigenvalue weighted by Crippen LogP contribution is 2.34. The van der Waals surface area contributed by atoms with Crippen molar-refractivity contribution >= 4 is 32.3 Å². The number of hydrogen-bond donors (Lipinski definition) is 0. The van der Waals surface area contributed by atoms with Crippen LogP contribution in [-0.2, 0) is 9.84 Å². The smallest absolute Gasteiger partial charge is 0.208 e. The maximum Gasteiger partial charge on any atom is 0.208 e. The zero-order chi connectivity index (χ0) is 21.5. The lowest BCUT2D eigenvalue weighted by molar-refractivity contribution is 0.590. The number of aromatic nitrogens is 1. The van der Waals surface area contributed by atoms with Crippen molar-refractivity contribution in [3.05, 3.63) is 89.0 Å². The zero-order valence-electron chi connectivity index (χ0n) is 15.1. The van der Waals surface area contributed by atoms with Crippen LogP contribution >= 0.6 is 11.6 Å². The molecule has 1 heterocycles. The van der Waals surface area contributed by atoms with E-state index in [1.54, 1.807) is 24.3 Å². The summed E-state index contributed by atoms with van der Waals surface area (Å²) in [5.74, 6) is -1.38. The Labute approximate surface area is 175 Å². The van der Waals surface area contributed by atoms with Crippen LogP contribution in [0.25, 0.3) is 22.2 Å². The van der Waals surface area contributed by atoms with Crippen LogP contribution in [0.4, 0.5) is 8.78 Å². The summed E-state index contributed by atoms with van der Waals surface area (Å²) in [5, 5.41) is 9.82. The second-order valence-electron chi connectivity index (χ2n) is 6.47. The van der Waals surface area contributed by atoms with Gasteiger partial charge >= 0.3 is 0 Å². The first-order valence-corrected chi connectivity index (χ1v) is 10.5. The first-order chi connectivity index (χ1) is 14.3. The Morgan fingerprint density at radius 3 is 2.47 bits per heavy atom. The molecule has 0 aliphatic carbocycles. The predicted molar refractivity (Wildman–Crippen MR) is 109 cm³/mol. The van der Waals surface area contributed by atoms with Gasteiger partial charge in [0, 0.05) is 22.0 Å². The van der Waals surface area contributed by atoms with Gasteiger partial charge < -0.3 is 0 Å². The molecule has 4 nitrogen and oxygen atoms in total. The van der Waals surface area contributed by atoms with Gasteiger partial charge in [-0.1, -0.05) is 23.7 Å². The fourth-order valence-corrected chi connectivity index (χ4v) is 4.77.